The van der Waals surface area contributed by atoms with Crippen molar-refractivity contribution in [3.05, 3.63) is 29.8 Å². The third-order valence-electron chi connectivity index (χ3n) is 2.59. The fourth-order valence-electron chi connectivity index (χ4n) is 1.80. The number of benzene rings is 1. The van der Waals surface area contributed by atoms with E-state index in [4.69, 9.17) is 0 Å². The van der Waals surface area contributed by atoms with E-state index in [1.165, 1.54) is 4.31 Å². The van der Waals surface area contributed by atoms with Crippen LogP contribution in [0.25, 0.3) is 0 Å². The van der Waals surface area contributed by atoms with E-state index in [9.17, 15) is 13.2 Å². The minimum absolute atomic E-state index is 0.175. The first-order valence-corrected chi connectivity index (χ1v) is 8.29. The summed E-state index contributed by atoms with van der Waals surface area (Å²) in [6.07, 6.45) is 1.16. The topological polar surface area (TPSA) is 66.5 Å². The standard InChI is InChI=1S/C14H22N2O3S/c1-6-16(20(5,18)19)12-9-7-11(8-10-12)13(17)15-14(2,3)4/h7-10H,6H2,1-5H3,(H,15,17). The maximum absolute atomic E-state index is 12.0. The van der Waals surface area contributed by atoms with Gasteiger partial charge in [-0.15, -0.1) is 0 Å². The molecule has 1 aromatic rings. The van der Waals surface area contributed by atoms with Crippen LogP contribution in [0.4, 0.5) is 5.69 Å². The first-order chi connectivity index (χ1) is 9.04. The van der Waals surface area contributed by atoms with E-state index in [0.717, 1.165) is 6.26 Å². The molecule has 0 aliphatic rings. The number of nitrogens with zero attached hydrogens (tertiary/aromatic N) is 1. The van der Waals surface area contributed by atoms with Crippen molar-refractivity contribution in [1.29, 1.82) is 0 Å². The van der Waals surface area contributed by atoms with Crippen LogP contribution >= 0.6 is 0 Å². The van der Waals surface area contributed by atoms with Gasteiger partial charge in [0.05, 0.1) is 11.9 Å². The molecule has 0 bridgehead atoms. The molecule has 1 N–H and O–H groups in total. The molecule has 0 atom stereocenters. The van der Waals surface area contributed by atoms with Crippen LogP contribution in [0.15, 0.2) is 24.3 Å². The van der Waals surface area contributed by atoms with Gasteiger partial charge in [-0.25, -0.2) is 8.42 Å². The van der Waals surface area contributed by atoms with E-state index < -0.39 is 10.0 Å². The maximum atomic E-state index is 12.0. The normalized spacial score (nSPS) is 12.1. The Bertz CT molecular complexity index is 571. The third kappa shape index (κ3) is 4.52. The van der Waals surface area contributed by atoms with Crippen LogP contribution in [0.3, 0.4) is 0 Å². The van der Waals surface area contributed by atoms with Crippen LogP contribution in [0.5, 0.6) is 0 Å². The number of hydrogen-bond donors (Lipinski definition) is 1. The van der Waals surface area contributed by atoms with Crippen molar-refractivity contribution in [1.82, 2.24) is 5.32 Å². The zero-order valence-electron chi connectivity index (χ0n) is 12.6. The molecule has 0 radical (unpaired) electrons. The summed E-state index contributed by atoms with van der Waals surface area (Å²) in [6, 6.07) is 6.54. The number of nitrogens with one attached hydrogen (secondary N) is 1. The number of anilines is 1. The molecule has 0 aliphatic carbocycles. The van der Waals surface area contributed by atoms with Crippen LogP contribution < -0.4 is 9.62 Å². The van der Waals surface area contributed by atoms with Crippen molar-refractivity contribution in [3.8, 4) is 0 Å². The van der Waals surface area contributed by atoms with Crippen LogP contribution in [0, 0.1) is 0 Å². The number of hydrogen-bond acceptors (Lipinski definition) is 3. The molecule has 0 unspecified atom stereocenters. The fourth-order valence-corrected chi connectivity index (χ4v) is 2.77. The molecule has 0 spiro atoms. The molecule has 0 aliphatic heterocycles. The highest BCUT2D eigenvalue weighted by molar-refractivity contribution is 7.92. The number of carbonyl (C=O) groups is 1. The Kier molecular flexibility index (Phi) is 4.81. The van der Waals surface area contributed by atoms with Crippen molar-refractivity contribution < 1.29 is 13.2 Å². The summed E-state index contributed by atoms with van der Waals surface area (Å²) < 4.78 is 24.5. The predicted octanol–water partition coefficient (Wildman–Crippen LogP) is 2.00. The molecule has 6 heteroatoms. The smallest absolute Gasteiger partial charge is 0.251 e. The minimum atomic E-state index is -3.30. The second kappa shape index (κ2) is 5.83. The highest BCUT2D eigenvalue weighted by atomic mass is 32.2. The van der Waals surface area contributed by atoms with Gasteiger partial charge in [0.1, 0.15) is 0 Å². The lowest BCUT2D eigenvalue weighted by atomic mass is 10.1. The quantitative estimate of drug-likeness (QED) is 0.924. The van der Waals surface area contributed by atoms with Crippen LogP contribution in [0.1, 0.15) is 38.1 Å². The maximum Gasteiger partial charge on any atom is 0.251 e. The highest BCUT2D eigenvalue weighted by Gasteiger charge is 2.17. The highest BCUT2D eigenvalue weighted by Crippen LogP contribution is 2.18. The van der Waals surface area contributed by atoms with Gasteiger partial charge in [-0.05, 0) is 52.0 Å². The number of amides is 1. The van der Waals surface area contributed by atoms with Crippen molar-refractivity contribution in [2.24, 2.45) is 0 Å². The van der Waals surface area contributed by atoms with E-state index in [2.05, 4.69) is 5.32 Å². The third-order valence-corrected chi connectivity index (χ3v) is 3.86. The SMILES string of the molecule is CCN(c1ccc(C(=O)NC(C)(C)C)cc1)S(C)(=O)=O. The molecule has 20 heavy (non-hydrogen) atoms. The van der Waals surface area contributed by atoms with E-state index >= 15 is 0 Å². The lowest BCUT2D eigenvalue weighted by Gasteiger charge is -2.22. The van der Waals surface area contributed by atoms with Gasteiger partial charge in [0.2, 0.25) is 10.0 Å². The van der Waals surface area contributed by atoms with E-state index in [-0.39, 0.29) is 11.4 Å². The Morgan fingerprint density at radius 1 is 1.20 bits per heavy atom. The van der Waals surface area contributed by atoms with E-state index in [1.807, 2.05) is 20.8 Å². The van der Waals surface area contributed by atoms with Crippen molar-refractivity contribution in [2.45, 2.75) is 33.2 Å². The molecular formula is C14H22N2O3S. The summed E-state index contributed by atoms with van der Waals surface area (Å²) in [6.45, 7) is 7.83. The van der Waals surface area contributed by atoms with Crippen molar-refractivity contribution in [3.63, 3.8) is 0 Å². The van der Waals surface area contributed by atoms with Gasteiger partial charge in [0.15, 0.2) is 0 Å². The van der Waals surface area contributed by atoms with Crippen LogP contribution in [0.2, 0.25) is 0 Å². The zero-order chi connectivity index (χ0) is 15.6. The molecule has 1 aromatic carbocycles. The molecule has 0 saturated carbocycles. The first-order valence-electron chi connectivity index (χ1n) is 6.45. The second-order valence-corrected chi connectivity index (χ2v) is 7.59. The van der Waals surface area contributed by atoms with Gasteiger partial charge < -0.3 is 5.32 Å². The minimum Gasteiger partial charge on any atom is -0.347 e. The fraction of sp³-hybridized carbons (Fsp3) is 0.500. The van der Waals surface area contributed by atoms with Gasteiger partial charge in [-0.1, -0.05) is 0 Å². The van der Waals surface area contributed by atoms with Crippen LogP contribution in [-0.4, -0.2) is 32.7 Å². The van der Waals surface area contributed by atoms with Crippen molar-refractivity contribution >= 4 is 21.6 Å². The lowest BCUT2D eigenvalue weighted by Crippen LogP contribution is -2.40. The van der Waals surface area contributed by atoms with Crippen LogP contribution in [-0.2, 0) is 10.0 Å². The largest absolute Gasteiger partial charge is 0.347 e. The summed E-state index contributed by atoms with van der Waals surface area (Å²) in [7, 11) is -3.30. The first kappa shape index (κ1) is 16.5. The zero-order valence-corrected chi connectivity index (χ0v) is 13.4. The average molecular weight is 298 g/mol. The predicted molar refractivity (Wildman–Crippen MR) is 81.5 cm³/mol. The van der Waals surface area contributed by atoms with Gasteiger partial charge >= 0.3 is 0 Å². The Morgan fingerprint density at radius 3 is 2.05 bits per heavy atom. The molecule has 0 saturated heterocycles. The van der Waals surface area contributed by atoms with Gasteiger partial charge in [-0.2, -0.15) is 0 Å². The molecular weight excluding hydrogens is 276 g/mol. The molecule has 0 fully saturated rings. The summed E-state index contributed by atoms with van der Waals surface area (Å²) in [5.74, 6) is -0.175. The average Bonchev–Trinajstić information content (AvgIpc) is 2.26. The lowest BCUT2D eigenvalue weighted by molar-refractivity contribution is 0.0919. The summed E-state index contributed by atoms with van der Waals surface area (Å²) in [5.41, 5.74) is 0.758. The molecule has 1 amide bonds. The summed E-state index contributed by atoms with van der Waals surface area (Å²) in [5, 5.41) is 2.86. The number of carbonyl (C=O) groups excluding carboxylic acids is 1. The van der Waals surface area contributed by atoms with Gasteiger partial charge in [0, 0.05) is 17.6 Å². The number of rotatable bonds is 4. The molecule has 0 heterocycles. The summed E-state index contributed by atoms with van der Waals surface area (Å²) in [4.78, 5) is 12.0. The molecule has 1 rings (SSSR count). The molecule has 112 valence electrons. The van der Waals surface area contributed by atoms with Gasteiger partial charge in [-0.3, -0.25) is 9.10 Å². The van der Waals surface area contributed by atoms with E-state index in [1.54, 1.807) is 31.2 Å². The molecule has 5 nitrogen and oxygen atoms in total. The number of sulfonamides is 1. The second-order valence-electron chi connectivity index (χ2n) is 5.68. The summed E-state index contributed by atoms with van der Waals surface area (Å²) >= 11 is 0. The Balaban J connectivity index is 2.97. The Hall–Kier alpha value is -1.56. The van der Waals surface area contributed by atoms with Crippen molar-refractivity contribution in [2.75, 3.05) is 17.1 Å². The van der Waals surface area contributed by atoms with E-state index in [0.29, 0.717) is 17.8 Å². The van der Waals surface area contributed by atoms with Gasteiger partial charge in [0.25, 0.3) is 5.91 Å². The molecule has 0 aromatic heterocycles. The Morgan fingerprint density at radius 2 is 1.70 bits per heavy atom. The monoisotopic (exact) mass is 298 g/mol. The Labute approximate surface area is 121 Å².